The second-order valence-electron chi connectivity index (χ2n) is 3.72. The van der Waals surface area contributed by atoms with E-state index >= 15 is 0 Å². The molecule has 1 fully saturated rings. The lowest BCUT2D eigenvalue weighted by Crippen LogP contribution is -2.18. The minimum absolute atomic E-state index is 0.0404. The molecule has 94 valence electrons. The molecule has 0 radical (unpaired) electrons. The number of cyclic esters (lactones) is 1. The molecular weight excluding hydrogens is 242 g/mol. The molecule has 1 saturated heterocycles. The number of non-ortho nitro benzene ring substituents is 1. The number of nitro groups is 1. The Kier molecular flexibility index (Phi) is 3.22. The standard InChI is InChI=1S/C11H9NO6/c13-10-5-9(6-17-10)18-11(14)7-1-3-8(4-2-7)12(15)16/h1-4,9H,5-6H2. The maximum absolute atomic E-state index is 11.6. The molecule has 1 atom stereocenters. The third-order valence-electron chi connectivity index (χ3n) is 2.41. The molecule has 7 heteroatoms. The summed E-state index contributed by atoms with van der Waals surface area (Å²) in [6.45, 7) is 0.0531. The minimum Gasteiger partial charge on any atom is -0.462 e. The van der Waals surface area contributed by atoms with Crippen molar-refractivity contribution in [3.8, 4) is 0 Å². The molecule has 1 aliphatic rings. The Bertz CT molecular complexity index is 495. The Labute approximate surface area is 101 Å². The first-order valence-electron chi connectivity index (χ1n) is 5.17. The molecule has 0 spiro atoms. The monoisotopic (exact) mass is 251 g/mol. The van der Waals surface area contributed by atoms with Crippen molar-refractivity contribution in [2.24, 2.45) is 0 Å². The van der Waals surface area contributed by atoms with Crippen molar-refractivity contribution in [1.82, 2.24) is 0 Å². The maximum Gasteiger partial charge on any atom is 0.338 e. The largest absolute Gasteiger partial charge is 0.462 e. The van der Waals surface area contributed by atoms with Gasteiger partial charge in [-0.1, -0.05) is 0 Å². The van der Waals surface area contributed by atoms with Crippen molar-refractivity contribution in [3.05, 3.63) is 39.9 Å². The normalized spacial score (nSPS) is 18.2. The van der Waals surface area contributed by atoms with Gasteiger partial charge in [0.1, 0.15) is 12.7 Å². The molecule has 1 aromatic carbocycles. The van der Waals surface area contributed by atoms with E-state index < -0.39 is 23.0 Å². The topological polar surface area (TPSA) is 95.7 Å². The second kappa shape index (κ2) is 4.82. The zero-order chi connectivity index (χ0) is 13.1. The Morgan fingerprint density at radius 3 is 2.56 bits per heavy atom. The lowest BCUT2D eigenvalue weighted by Gasteiger charge is -2.08. The van der Waals surface area contributed by atoms with Crippen molar-refractivity contribution in [2.75, 3.05) is 6.61 Å². The van der Waals surface area contributed by atoms with E-state index in [1.54, 1.807) is 0 Å². The summed E-state index contributed by atoms with van der Waals surface area (Å²) in [7, 11) is 0. The number of nitrogens with zero attached hydrogens (tertiary/aromatic N) is 1. The van der Waals surface area contributed by atoms with Crippen LogP contribution in [0.1, 0.15) is 16.8 Å². The predicted octanol–water partition coefficient (Wildman–Crippen LogP) is 1.07. The zero-order valence-corrected chi connectivity index (χ0v) is 9.20. The highest BCUT2D eigenvalue weighted by molar-refractivity contribution is 5.90. The second-order valence-corrected chi connectivity index (χ2v) is 3.72. The molecule has 0 amide bonds. The van der Waals surface area contributed by atoms with Crippen LogP contribution in [0.5, 0.6) is 0 Å². The predicted molar refractivity (Wildman–Crippen MR) is 57.9 cm³/mol. The molecule has 7 nitrogen and oxygen atoms in total. The number of rotatable bonds is 3. The van der Waals surface area contributed by atoms with E-state index in [-0.39, 0.29) is 24.3 Å². The van der Waals surface area contributed by atoms with Crippen molar-refractivity contribution >= 4 is 17.6 Å². The molecule has 2 rings (SSSR count). The first-order chi connectivity index (χ1) is 8.56. The summed E-state index contributed by atoms with van der Waals surface area (Å²) in [4.78, 5) is 32.3. The first kappa shape index (κ1) is 12.0. The lowest BCUT2D eigenvalue weighted by molar-refractivity contribution is -0.384. The highest BCUT2D eigenvalue weighted by Crippen LogP contribution is 2.15. The Hall–Kier alpha value is -2.44. The van der Waals surface area contributed by atoms with Gasteiger partial charge >= 0.3 is 11.9 Å². The molecule has 0 aliphatic carbocycles. The van der Waals surface area contributed by atoms with Gasteiger partial charge in [-0.05, 0) is 12.1 Å². The van der Waals surface area contributed by atoms with Gasteiger partial charge < -0.3 is 9.47 Å². The highest BCUT2D eigenvalue weighted by atomic mass is 16.6. The van der Waals surface area contributed by atoms with E-state index in [4.69, 9.17) is 4.74 Å². The molecule has 0 saturated carbocycles. The number of carbonyl (C=O) groups is 2. The van der Waals surface area contributed by atoms with Crippen LogP contribution in [-0.2, 0) is 14.3 Å². The smallest absolute Gasteiger partial charge is 0.338 e. The van der Waals surface area contributed by atoms with Crippen molar-refractivity contribution in [2.45, 2.75) is 12.5 Å². The quantitative estimate of drug-likeness (QED) is 0.453. The van der Waals surface area contributed by atoms with Gasteiger partial charge in [-0.2, -0.15) is 0 Å². The van der Waals surface area contributed by atoms with Crippen LogP contribution in [-0.4, -0.2) is 29.6 Å². The van der Waals surface area contributed by atoms with Gasteiger partial charge in [0.25, 0.3) is 5.69 Å². The Balaban J connectivity index is 2.00. The van der Waals surface area contributed by atoms with Gasteiger partial charge in [-0.3, -0.25) is 14.9 Å². The van der Waals surface area contributed by atoms with Gasteiger partial charge in [0.05, 0.1) is 16.9 Å². The van der Waals surface area contributed by atoms with E-state index in [1.165, 1.54) is 24.3 Å². The summed E-state index contributed by atoms with van der Waals surface area (Å²) in [5.41, 5.74) is 0.0888. The summed E-state index contributed by atoms with van der Waals surface area (Å²) in [5, 5.41) is 10.4. The SMILES string of the molecule is O=C1CC(OC(=O)c2ccc([N+](=O)[O-])cc2)CO1. The Morgan fingerprint density at radius 2 is 2.06 bits per heavy atom. The van der Waals surface area contributed by atoms with Crippen molar-refractivity contribution in [3.63, 3.8) is 0 Å². The summed E-state index contributed by atoms with van der Waals surface area (Å²) in [5.74, 6) is -1.04. The highest BCUT2D eigenvalue weighted by Gasteiger charge is 2.27. The number of nitro benzene ring substituents is 1. The lowest BCUT2D eigenvalue weighted by atomic mass is 10.2. The summed E-state index contributed by atoms with van der Waals surface area (Å²) in [6, 6.07) is 5.04. The number of carbonyl (C=O) groups excluding carboxylic acids is 2. The molecular formula is C11H9NO6. The number of esters is 2. The third-order valence-corrected chi connectivity index (χ3v) is 2.41. The number of hydrogen-bond acceptors (Lipinski definition) is 6. The van der Waals surface area contributed by atoms with E-state index in [1.807, 2.05) is 0 Å². The minimum atomic E-state index is -0.631. The first-order valence-corrected chi connectivity index (χ1v) is 5.17. The van der Waals surface area contributed by atoms with Crippen LogP contribution in [0.15, 0.2) is 24.3 Å². The average Bonchev–Trinajstić information content (AvgIpc) is 2.75. The average molecular weight is 251 g/mol. The van der Waals surface area contributed by atoms with E-state index in [9.17, 15) is 19.7 Å². The van der Waals surface area contributed by atoms with Crippen molar-refractivity contribution in [1.29, 1.82) is 0 Å². The molecule has 0 bridgehead atoms. The third kappa shape index (κ3) is 2.62. The molecule has 0 N–H and O–H groups in total. The van der Waals surface area contributed by atoms with Gasteiger partial charge in [0.15, 0.2) is 0 Å². The van der Waals surface area contributed by atoms with E-state index in [0.29, 0.717) is 0 Å². The Morgan fingerprint density at radius 1 is 1.39 bits per heavy atom. The molecule has 1 aliphatic heterocycles. The van der Waals surface area contributed by atoms with E-state index in [0.717, 1.165) is 0 Å². The zero-order valence-electron chi connectivity index (χ0n) is 9.20. The van der Waals surface area contributed by atoms with E-state index in [2.05, 4.69) is 4.74 Å². The van der Waals surface area contributed by atoms with Gasteiger partial charge in [0, 0.05) is 12.1 Å². The van der Waals surface area contributed by atoms with Crippen molar-refractivity contribution < 1.29 is 24.0 Å². The summed E-state index contributed by atoms with van der Waals surface area (Å²) >= 11 is 0. The number of hydrogen-bond donors (Lipinski definition) is 0. The van der Waals surface area contributed by atoms with Gasteiger partial charge in [-0.25, -0.2) is 4.79 Å². The molecule has 1 heterocycles. The van der Waals surface area contributed by atoms with Crippen LogP contribution in [0.2, 0.25) is 0 Å². The molecule has 0 aromatic heterocycles. The number of benzene rings is 1. The summed E-state index contributed by atoms with van der Waals surface area (Å²) in [6.07, 6.45) is -0.543. The maximum atomic E-state index is 11.6. The van der Waals surface area contributed by atoms with Crippen LogP contribution >= 0.6 is 0 Å². The van der Waals surface area contributed by atoms with Crippen LogP contribution < -0.4 is 0 Å². The fourth-order valence-corrected chi connectivity index (χ4v) is 1.50. The van der Waals surface area contributed by atoms with Crippen LogP contribution in [0.25, 0.3) is 0 Å². The van der Waals surface area contributed by atoms with Crippen LogP contribution in [0.4, 0.5) is 5.69 Å². The molecule has 18 heavy (non-hydrogen) atoms. The fraction of sp³-hybridized carbons (Fsp3) is 0.273. The van der Waals surface area contributed by atoms with Gasteiger partial charge in [0.2, 0.25) is 0 Å². The number of ether oxygens (including phenoxy) is 2. The van der Waals surface area contributed by atoms with Gasteiger partial charge in [-0.15, -0.1) is 0 Å². The summed E-state index contributed by atoms with van der Waals surface area (Å²) < 4.78 is 9.66. The fourth-order valence-electron chi connectivity index (χ4n) is 1.50. The van der Waals surface area contributed by atoms with Crippen LogP contribution in [0.3, 0.4) is 0 Å². The molecule has 1 unspecified atom stereocenters. The molecule has 1 aromatic rings. The van der Waals surface area contributed by atoms with Crippen LogP contribution in [0, 0.1) is 10.1 Å².